The van der Waals surface area contributed by atoms with Crippen LogP contribution in [-0.4, -0.2) is 58.7 Å². The van der Waals surface area contributed by atoms with Crippen molar-refractivity contribution in [2.75, 3.05) is 32.8 Å². The third kappa shape index (κ3) is 4.23. The maximum atomic E-state index is 10.8. The molecule has 21 heavy (non-hydrogen) atoms. The van der Waals surface area contributed by atoms with E-state index in [1.54, 1.807) is 12.1 Å². The molecular weight excluding hydrogens is 270 g/mol. The monoisotopic (exact) mass is 293 g/mol. The maximum absolute atomic E-state index is 10.8. The van der Waals surface area contributed by atoms with Gasteiger partial charge in [-0.25, -0.2) is 0 Å². The zero-order valence-corrected chi connectivity index (χ0v) is 12.4. The fraction of sp³-hybridized carbons (Fsp3) is 0.600. The summed E-state index contributed by atoms with van der Waals surface area (Å²) in [6, 6.07) is 7.10. The number of hydrogen-bond acceptors (Lipinski definition) is 5. The first kappa shape index (κ1) is 15.9. The first-order valence-corrected chi connectivity index (χ1v) is 7.44. The van der Waals surface area contributed by atoms with E-state index in [-0.39, 0.29) is 23.3 Å². The van der Waals surface area contributed by atoms with Crippen molar-refractivity contribution < 1.29 is 10.0 Å². The molecule has 1 saturated heterocycles. The minimum absolute atomic E-state index is 0.150. The number of aliphatic hydroxyl groups is 1. The molecule has 1 unspecified atom stereocenters. The second-order valence-electron chi connectivity index (χ2n) is 5.48. The van der Waals surface area contributed by atoms with Crippen LogP contribution in [-0.2, 0) is 6.54 Å². The molecule has 0 spiro atoms. The quantitative estimate of drug-likeness (QED) is 0.635. The topological polar surface area (TPSA) is 69.8 Å². The molecule has 1 atom stereocenters. The van der Waals surface area contributed by atoms with Crippen LogP contribution in [0.1, 0.15) is 18.9 Å². The Bertz CT molecular complexity index is 469. The van der Waals surface area contributed by atoms with Crippen LogP contribution in [0.5, 0.6) is 0 Å². The van der Waals surface area contributed by atoms with E-state index in [0.717, 1.165) is 44.7 Å². The van der Waals surface area contributed by atoms with Gasteiger partial charge in [0.1, 0.15) is 0 Å². The number of aliphatic hydroxyl groups excluding tert-OH is 1. The highest BCUT2D eigenvalue weighted by molar-refractivity contribution is 5.34. The summed E-state index contributed by atoms with van der Waals surface area (Å²) in [6.45, 7) is 6.78. The minimum Gasteiger partial charge on any atom is -0.395 e. The third-order valence-electron chi connectivity index (χ3n) is 4.13. The highest BCUT2D eigenvalue weighted by Gasteiger charge is 2.22. The highest BCUT2D eigenvalue weighted by Crippen LogP contribution is 2.16. The molecule has 0 aliphatic carbocycles. The zero-order chi connectivity index (χ0) is 15.2. The lowest BCUT2D eigenvalue weighted by Crippen LogP contribution is -2.50. The van der Waals surface area contributed by atoms with Crippen molar-refractivity contribution in [3.8, 4) is 0 Å². The van der Waals surface area contributed by atoms with Crippen LogP contribution < -0.4 is 0 Å². The Balaban J connectivity index is 1.89. The maximum Gasteiger partial charge on any atom is 0.269 e. The van der Waals surface area contributed by atoms with Gasteiger partial charge in [0.15, 0.2) is 0 Å². The zero-order valence-electron chi connectivity index (χ0n) is 12.4. The largest absolute Gasteiger partial charge is 0.395 e. The number of rotatable bonds is 6. The van der Waals surface area contributed by atoms with E-state index >= 15 is 0 Å². The molecule has 1 aliphatic heterocycles. The van der Waals surface area contributed by atoms with Crippen molar-refractivity contribution in [2.45, 2.75) is 25.9 Å². The van der Waals surface area contributed by atoms with Gasteiger partial charge in [0.05, 0.1) is 11.5 Å². The van der Waals surface area contributed by atoms with Crippen LogP contribution >= 0.6 is 0 Å². The van der Waals surface area contributed by atoms with Gasteiger partial charge in [0, 0.05) is 50.9 Å². The van der Waals surface area contributed by atoms with E-state index in [1.807, 2.05) is 6.07 Å². The lowest BCUT2D eigenvalue weighted by atomic mass is 10.1. The Hall–Kier alpha value is -1.50. The fourth-order valence-corrected chi connectivity index (χ4v) is 2.82. The molecular formula is C15H23N3O3. The second-order valence-corrected chi connectivity index (χ2v) is 5.48. The average molecular weight is 293 g/mol. The first-order valence-electron chi connectivity index (χ1n) is 7.44. The predicted octanol–water partition coefficient (Wildman–Crippen LogP) is 1.48. The van der Waals surface area contributed by atoms with Gasteiger partial charge >= 0.3 is 0 Å². The summed E-state index contributed by atoms with van der Waals surface area (Å²) in [7, 11) is 0. The molecule has 1 aromatic rings. The van der Waals surface area contributed by atoms with E-state index in [0.29, 0.717) is 0 Å². The molecule has 0 saturated carbocycles. The summed E-state index contributed by atoms with van der Waals surface area (Å²) >= 11 is 0. The van der Waals surface area contributed by atoms with Crippen molar-refractivity contribution in [3.63, 3.8) is 0 Å². The second kappa shape index (κ2) is 7.49. The Morgan fingerprint density at radius 2 is 2.05 bits per heavy atom. The number of benzene rings is 1. The van der Waals surface area contributed by atoms with Crippen molar-refractivity contribution in [3.05, 3.63) is 39.9 Å². The smallest absolute Gasteiger partial charge is 0.269 e. The van der Waals surface area contributed by atoms with Gasteiger partial charge in [-0.1, -0.05) is 19.1 Å². The molecule has 1 heterocycles. The Kier molecular flexibility index (Phi) is 5.67. The molecule has 116 valence electrons. The number of non-ortho nitro benzene ring substituents is 1. The Morgan fingerprint density at radius 3 is 2.62 bits per heavy atom. The van der Waals surface area contributed by atoms with Crippen LogP contribution in [0.4, 0.5) is 5.69 Å². The van der Waals surface area contributed by atoms with Gasteiger partial charge in [-0.05, 0) is 12.0 Å². The Morgan fingerprint density at radius 1 is 1.33 bits per heavy atom. The molecule has 1 N–H and O–H groups in total. The van der Waals surface area contributed by atoms with Crippen molar-refractivity contribution in [2.24, 2.45) is 0 Å². The van der Waals surface area contributed by atoms with Crippen molar-refractivity contribution >= 4 is 5.69 Å². The predicted molar refractivity (Wildman–Crippen MR) is 81.1 cm³/mol. The number of piperazine rings is 1. The van der Waals surface area contributed by atoms with E-state index in [9.17, 15) is 15.2 Å². The van der Waals surface area contributed by atoms with Crippen molar-refractivity contribution in [1.82, 2.24) is 9.80 Å². The van der Waals surface area contributed by atoms with E-state index in [4.69, 9.17) is 0 Å². The van der Waals surface area contributed by atoms with Gasteiger partial charge in [-0.2, -0.15) is 0 Å². The average Bonchev–Trinajstić information content (AvgIpc) is 2.50. The summed E-state index contributed by atoms with van der Waals surface area (Å²) in [5.41, 5.74) is 1.13. The molecule has 0 radical (unpaired) electrons. The molecule has 0 aromatic heterocycles. The molecule has 2 rings (SSSR count). The molecule has 0 amide bonds. The number of nitrogens with zero attached hydrogens (tertiary/aromatic N) is 3. The lowest BCUT2D eigenvalue weighted by molar-refractivity contribution is -0.384. The van der Waals surface area contributed by atoms with Crippen LogP contribution in [0, 0.1) is 10.1 Å². The molecule has 6 nitrogen and oxygen atoms in total. The minimum atomic E-state index is -0.353. The van der Waals surface area contributed by atoms with Crippen LogP contribution in [0.25, 0.3) is 0 Å². The molecule has 1 aromatic carbocycles. The normalized spacial score (nSPS) is 18.6. The van der Waals surface area contributed by atoms with E-state index in [2.05, 4.69) is 16.7 Å². The lowest BCUT2D eigenvalue weighted by Gasteiger charge is -2.38. The van der Waals surface area contributed by atoms with Crippen LogP contribution in [0.15, 0.2) is 24.3 Å². The summed E-state index contributed by atoms with van der Waals surface area (Å²) in [6.07, 6.45) is 0.960. The summed E-state index contributed by atoms with van der Waals surface area (Å²) < 4.78 is 0. The summed E-state index contributed by atoms with van der Waals surface area (Å²) in [5, 5.41) is 20.1. The van der Waals surface area contributed by atoms with Gasteiger partial charge in [-0.15, -0.1) is 0 Å². The first-order chi connectivity index (χ1) is 10.1. The van der Waals surface area contributed by atoms with E-state index < -0.39 is 0 Å². The number of hydrogen-bond donors (Lipinski definition) is 1. The van der Waals surface area contributed by atoms with Gasteiger partial charge in [0.25, 0.3) is 5.69 Å². The number of nitro benzene ring substituents is 1. The SMILES string of the molecule is CCC(CO)N1CCN(Cc2cccc([N+](=O)[O-])c2)CC1. The third-order valence-corrected chi connectivity index (χ3v) is 4.13. The fourth-order valence-electron chi connectivity index (χ4n) is 2.82. The van der Waals surface area contributed by atoms with Crippen molar-refractivity contribution in [1.29, 1.82) is 0 Å². The Labute approximate surface area is 125 Å². The van der Waals surface area contributed by atoms with Gasteiger partial charge in [-0.3, -0.25) is 19.9 Å². The molecule has 1 fully saturated rings. The summed E-state index contributed by atoms with van der Waals surface area (Å²) in [5.74, 6) is 0. The summed E-state index contributed by atoms with van der Waals surface area (Å²) in [4.78, 5) is 15.1. The molecule has 1 aliphatic rings. The number of nitro groups is 1. The van der Waals surface area contributed by atoms with Crippen LogP contribution in [0.2, 0.25) is 0 Å². The van der Waals surface area contributed by atoms with E-state index in [1.165, 1.54) is 6.07 Å². The van der Waals surface area contributed by atoms with Gasteiger partial charge < -0.3 is 5.11 Å². The molecule has 6 heteroatoms. The molecule has 0 bridgehead atoms. The van der Waals surface area contributed by atoms with Crippen LogP contribution in [0.3, 0.4) is 0 Å². The highest BCUT2D eigenvalue weighted by atomic mass is 16.6. The standard InChI is InChI=1S/C15H23N3O3/c1-2-14(12-19)17-8-6-16(7-9-17)11-13-4-3-5-15(10-13)18(20)21/h3-5,10,14,19H,2,6-9,11-12H2,1H3. The van der Waals surface area contributed by atoms with Gasteiger partial charge in [0.2, 0.25) is 0 Å².